The number of aromatic amines is 2. The van der Waals surface area contributed by atoms with Crippen molar-refractivity contribution < 1.29 is 0 Å². The highest BCUT2D eigenvalue weighted by Gasteiger charge is 2.17. The first-order chi connectivity index (χ1) is 7.34. The van der Waals surface area contributed by atoms with Crippen molar-refractivity contribution >= 4 is 5.69 Å². The Kier molecular flexibility index (Phi) is 1.75. The summed E-state index contributed by atoms with van der Waals surface area (Å²) >= 11 is 0. The molecular weight excluding hydrogens is 192 g/mol. The fourth-order valence-corrected chi connectivity index (χ4v) is 1.82. The Labute approximate surface area is 86.3 Å². The van der Waals surface area contributed by atoms with Crippen LogP contribution in [0.3, 0.4) is 0 Å². The Balaban J connectivity index is 2.06. The number of aromatic nitrogens is 4. The van der Waals surface area contributed by atoms with Gasteiger partial charge in [-0.3, -0.25) is 5.10 Å². The number of anilines is 1. The summed E-state index contributed by atoms with van der Waals surface area (Å²) in [5.74, 6) is 0.752. The SMILES string of the molecule is Nc1c[nH]nc1-c1nc2c([nH]1)CCNC2. The van der Waals surface area contributed by atoms with Crippen LogP contribution in [0.25, 0.3) is 11.5 Å². The summed E-state index contributed by atoms with van der Waals surface area (Å²) in [7, 11) is 0. The first-order valence-electron chi connectivity index (χ1n) is 4.92. The Morgan fingerprint density at radius 2 is 2.33 bits per heavy atom. The van der Waals surface area contributed by atoms with Gasteiger partial charge in [0.2, 0.25) is 0 Å². The molecule has 0 amide bonds. The quantitative estimate of drug-likeness (QED) is 0.527. The number of hydrogen-bond acceptors (Lipinski definition) is 4. The van der Waals surface area contributed by atoms with Gasteiger partial charge in [-0.2, -0.15) is 5.10 Å². The average molecular weight is 204 g/mol. The molecule has 1 aliphatic heterocycles. The Morgan fingerprint density at radius 1 is 1.40 bits per heavy atom. The summed E-state index contributed by atoms with van der Waals surface area (Å²) in [4.78, 5) is 7.74. The lowest BCUT2D eigenvalue weighted by Crippen LogP contribution is -2.23. The molecule has 3 rings (SSSR count). The molecule has 3 heterocycles. The van der Waals surface area contributed by atoms with Gasteiger partial charge in [-0.05, 0) is 0 Å². The standard InChI is InChI=1S/C9H12N6/c10-5-3-12-15-8(5)9-13-6-1-2-11-4-7(6)14-9/h3,11H,1-2,4,10H2,(H,12,15)(H,13,14). The van der Waals surface area contributed by atoms with Crippen molar-refractivity contribution in [2.45, 2.75) is 13.0 Å². The van der Waals surface area contributed by atoms with Crippen LogP contribution >= 0.6 is 0 Å². The van der Waals surface area contributed by atoms with E-state index in [1.807, 2.05) is 0 Å². The number of nitrogens with zero attached hydrogens (tertiary/aromatic N) is 2. The molecule has 0 aliphatic carbocycles. The fraction of sp³-hybridized carbons (Fsp3) is 0.333. The number of nitrogen functional groups attached to an aromatic ring is 1. The van der Waals surface area contributed by atoms with E-state index in [2.05, 4.69) is 25.5 Å². The molecule has 0 saturated heterocycles. The van der Waals surface area contributed by atoms with E-state index in [-0.39, 0.29) is 0 Å². The van der Waals surface area contributed by atoms with Gasteiger partial charge in [0.05, 0.1) is 11.4 Å². The van der Waals surface area contributed by atoms with Crippen molar-refractivity contribution in [2.24, 2.45) is 0 Å². The minimum atomic E-state index is 0.619. The fourth-order valence-electron chi connectivity index (χ4n) is 1.82. The van der Waals surface area contributed by atoms with Crippen LogP contribution in [-0.2, 0) is 13.0 Å². The maximum absolute atomic E-state index is 5.76. The van der Waals surface area contributed by atoms with E-state index in [1.54, 1.807) is 6.20 Å². The van der Waals surface area contributed by atoms with Crippen LogP contribution in [-0.4, -0.2) is 26.7 Å². The molecule has 5 N–H and O–H groups in total. The zero-order valence-electron chi connectivity index (χ0n) is 8.17. The third-order valence-corrected chi connectivity index (χ3v) is 2.60. The summed E-state index contributed by atoms with van der Waals surface area (Å²) in [6.07, 6.45) is 2.64. The number of H-pyrrole nitrogens is 2. The maximum Gasteiger partial charge on any atom is 0.160 e. The van der Waals surface area contributed by atoms with Crippen LogP contribution in [0.1, 0.15) is 11.4 Å². The van der Waals surface area contributed by atoms with Crippen LogP contribution in [0.15, 0.2) is 6.20 Å². The molecule has 0 bridgehead atoms. The van der Waals surface area contributed by atoms with Gasteiger partial charge >= 0.3 is 0 Å². The normalized spacial score (nSPS) is 15.2. The largest absolute Gasteiger partial charge is 0.396 e. The van der Waals surface area contributed by atoms with E-state index in [4.69, 9.17) is 5.73 Å². The maximum atomic E-state index is 5.76. The third kappa shape index (κ3) is 1.30. The highest BCUT2D eigenvalue weighted by Crippen LogP contribution is 2.22. The molecule has 0 atom stereocenters. The van der Waals surface area contributed by atoms with Crippen LogP contribution < -0.4 is 11.1 Å². The molecule has 6 nitrogen and oxygen atoms in total. The van der Waals surface area contributed by atoms with Crippen LogP contribution in [0.5, 0.6) is 0 Å². The van der Waals surface area contributed by atoms with Gasteiger partial charge in [-0.25, -0.2) is 4.98 Å². The topological polar surface area (TPSA) is 95.4 Å². The van der Waals surface area contributed by atoms with E-state index in [9.17, 15) is 0 Å². The van der Waals surface area contributed by atoms with Gasteiger partial charge in [-0.15, -0.1) is 0 Å². The van der Waals surface area contributed by atoms with E-state index >= 15 is 0 Å². The van der Waals surface area contributed by atoms with Crippen molar-refractivity contribution in [1.29, 1.82) is 0 Å². The minimum absolute atomic E-state index is 0.619. The van der Waals surface area contributed by atoms with Crippen molar-refractivity contribution in [3.63, 3.8) is 0 Å². The van der Waals surface area contributed by atoms with Gasteiger partial charge in [0, 0.05) is 31.4 Å². The predicted octanol–water partition coefficient (Wildman–Crippen LogP) is 0.0277. The summed E-state index contributed by atoms with van der Waals surface area (Å²) < 4.78 is 0. The highest BCUT2D eigenvalue weighted by molar-refractivity contribution is 5.66. The van der Waals surface area contributed by atoms with Crippen molar-refractivity contribution in [2.75, 3.05) is 12.3 Å². The second-order valence-corrected chi connectivity index (χ2v) is 3.63. The molecule has 0 unspecified atom stereocenters. The van der Waals surface area contributed by atoms with Crippen LogP contribution in [0.2, 0.25) is 0 Å². The smallest absolute Gasteiger partial charge is 0.160 e. The number of nitrogens with two attached hydrogens (primary N) is 1. The molecule has 2 aromatic rings. The van der Waals surface area contributed by atoms with Crippen LogP contribution in [0, 0.1) is 0 Å². The molecule has 78 valence electrons. The van der Waals surface area contributed by atoms with E-state index in [0.29, 0.717) is 11.4 Å². The summed E-state index contributed by atoms with van der Waals surface area (Å²) in [6.45, 7) is 1.81. The molecule has 1 aliphatic rings. The first kappa shape index (κ1) is 8.49. The third-order valence-electron chi connectivity index (χ3n) is 2.60. The van der Waals surface area contributed by atoms with E-state index in [0.717, 1.165) is 31.0 Å². The number of nitrogens with one attached hydrogen (secondary N) is 3. The van der Waals surface area contributed by atoms with E-state index in [1.165, 1.54) is 5.69 Å². The van der Waals surface area contributed by atoms with Gasteiger partial charge < -0.3 is 16.0 Å². The molecule has 6 heteroatoms. The Morgan fingerprint density at radius 3 is 3.07 bits per heavy atom. The van der Waals surface area contributed by atoms with Gasteiger partial charge in [-0.1, -0.05) is 0 Å². The monoisotopic (exact) mass is 204 g/mol. The molecular formula is C9H12N6. The van der Waals surface area contributed by atoms with Gasteiger partial charge in [0.25, 0.3) is 0 Å². The zero-order chi connectivity index (χ0) is 10.3. The van der Waals surface area contributed by atoms with Crippen molar-refractivity contribution in [1.82, 2.24) is 25.5 Å². The Hall–Kier alpha value is -1.82. The molecule has 0 fully saturated rings. The average Bonchev–Trinajstić information content (AvgIpc) is 2.82. The molecule has 0 radical (unpaired) electrons. The van der Waals surface area contributed by atoms with Crippen molar-refractivity contribution in [3.8, 4) is 11.5 Å². The number of imidazole rings is 1. The second kappa shape index (κ2) is 3.09. The molecule has 15 heavy (non-hydrogen) atoms. The van der Waals surface area contributed by atoms with Crippen LogP contribution in [0.4, 0.5) is 5.69 Å². The summed E-state index contributed by atoms with van der Waals surface area (Å²) in [6, 6.07) is 0. The predicted molar refractivity (Wildman–Crippen MR) is 56.0 cm³/mol. The summed E-state index contributed by atoms with van der Waals surface area (Å²) in [5.41, 5.74) is 9.33. The second-order valence-electron chi connectivity index (χ2n) is 3.63. The lowest BCUT2D eigenvalue weighted by atomic mass is 10.2. The zero-order valence-corrected chi connectivity index (χ0v) is 8.17. The van der Waals surface area contributed by atoms with Gasteiger partial charge in [0.15, 0.2) is 11.5 Å². The number of hydrogen-bond donors (Lipinski definition) is 4. The minimum Gasteiger partial charge on any atom is -0.396 e. The first-order valence-corrected chi connectivity index (χ1v) is 4.92. The highest BCUT2D eigenvalue weighted by atomic mass is 15.1. The molecule has 0 saturated carbocycles. The summed E-state index contributed by atoms with van der Waals surface area (Å²) in [5, 5.41) is 10.1. The molecule has 0 spiro atoms. The van der Waals surface area contributed by atoms with Crippen molar-refractivity contribution in [3.05, 3.63) is 17.6 Å². The molecule has 0 aromatic carbocycles. The molecule has 2 aromatic heterocycles. The lowest BCUT2D eigenvalue weighted by molar-refractivity contribution is 0.627. The van der Waals surface area contributed by atoms with Gasteiger partial charge in [0.1, 0.15) is 0 Å². The van der Waals surface area contributed by atoms with E-state index < -0.39 is 0 Å². The lowest BCUT2D eigenvalue weighted by Gasteiger charge is -2.09. The Bertz CT molecular complexity index is 459. The number of rotatable bonds is 1. The number of fused-ring (bicyclic) bond motifs is 1.